The molecule has 1 fully saturated rings. The average molecular weight is 330 g/mol. The highest BCUT2D eigenvalue weighted by Gasteiger charge is 2.25. The maximum atomic E-state index is 13.7. The van der Waals surface area contributed by atoms with Crippen LogP contribution < -0.4 is 0 Å². The first-order valence-corrected chi connectivity index (χ1v) is 7.99. The molecule has 1 aliphatic heterocycles. The second-order valence-electron chi connectivity index (χ2n) is 5.73. The third-order valence-electron chi connectivity index (χ3n) is 4.19. The Balaban J connectivity index is 1.51. The van der Waals surface area contributed by atoms with Crippen LogP contribution in [-0.4, -0.2) is 47.8 Å². The number of rotatable bonds is 4. The van der Waals surface area contributed by atoms with Gasteiger partial charge in [-0.1, -0.05) is 12.1 Å². The second-order valence-corrected chi connectivity index (χ2v) is 5.73. The Labute approximate surface area is 139 Å². The van der Waals surface area contributed by atoms with Gasteiger partial charge in [0.25, 0.3) is 5.91 Å². The highest BCUT2D eigenvalue weighted by Crippen LogP contribution is 2.13. The lowest BCUT2D eigenvalue weighted by Gasteiger charge is -2.35. The van der Waals surface area contributed by atoms with Crippen LogP contribution in [0.15, 0.2) is 47.1 Å². The van der Waals surface area contributed by atoms with E-state index in [0.29, 0.717) is 39.0 Å². The summed E-state index contributed by atoms with van der Waals surface area (Å²) in [6.07, 6.45) is 2.54. The van der Waals surface area contributed by atoms with Crippen LogP contribution in [-0.2, 0) is 11.2 Å². The van der Waals surface area contributed by atoms with Crippen molar-refractivity contribution in [2.75, 3.05) is 26.2 Å². The summed E-state index contributed by atoms with van der Waals surface area (Å²) in [4.78, 5) is 27.9. The predicted octanol–water partition coefficient (Wildman–Crippen LogP) is 2.34. The van der Waals surface area contributed by atoms with Gasteiger partial charge in [-0.3, -0.25) is 9.59 Å². The zero-order chi connectivity index (χ0) is 16.9. The molecule has 0 saturated carbocycles. The molecular formula is C18H19FN2O3. The van der Waals surface area contributed by atoms with Crippen LogP contribution in [0.3, 0.4) is 0 Å². The molecule has 3 rings (SSSR count). The summed E-state index contributed by atoms with van der Waals surface area (Å²) >= 11 is 0. The Morgan fingerprint density at radius 3 is 2.38 bits per heavy atom. The molecule has 0 radical (unpaired) electrons. The molecule has 0 spiro atoms. The van der Waals surface area contributed by atoms with E-state index in [-0.39, 0.29) is 17.4 Å². The highest BCUT2D eigenvalue weighted by atomic mass is 19.1. The van der Waals surface area contributed by atoms with Crippen LogP contribution in [0.2, 0.25) is 0 Å². The minimum atomic E-state index is -0.514. The maximum Gasteiger partial charge on any atom is 0.256 e. The van der Waals surface area contributed by atoms with Crippen LogP contribution >= 0.6 is 0 Å². The van der Waals surface area contributed by atoms with Crippen molar-refractivity contribution in [3.05, 3.63) is 59.8 Å². The fourth-order valence-electron chi connectivity index (χ4n) is 2.81. The third-order valence-corrected chi connectivity index (χ3v) is 4.19. The van der Waals surface area contributed by atoms with E-state index in [1.807, 2.05) is 6.07 Å². The molecular weight excluding hydrogens is 311 g/mol. The lowest BCUT2D eigenvalue weighted by atomic mass is 10.1. The number of nitrogens with zero attached hydrogens (tertiary/aromatic N) is 2. The quantitative estimate of drug-likeness (QED) is 0.865. The van der Waals surface area contributed by atoms with Crippen molar-refractivity contribution in [3.8, 4) is 0 Å². The Hall–Kier alpha value is -2.63. The van der Waals surface area contributed by atoms with Crippen molar-refractivity contribution < 1.29 is 18.4 Å². The summed E-state index contributed by atoms with van der Waals surface area (Å²) in [6, 6.07) is 9.61. The Bertz CT molecular complexity index is 707. The minimum absolute atomic E-state index is 0.0457. The van der Waals surface area contributed by atoms with E-state index in [2.05, 4.69) is 0 Å². The Morgan fingerprint density at radius 2 is 1.71 bits per heavy atom. The smallest absolute Gasteiger partial charge is 0.256 e. The number of furan rings is 1. The normalized spacial score (nSPS) is 14.7. The summed E-state index contributed by atoms with van der Waals surface area (Å²) in [7, 11) is 0. The zero-order valence-corrected chi connectivity index (χ0v) is 13.3. The van der Waals surface area contributed by atoms with Gasteiger partial charge in [-0.05, 0) is 24.3 Å². The van der Waals surface area contributed by atoms with Crippen LogP contribution in [0.4, 0.5) is 4.39 Å². The number of piperazine rings is 1. The molecule has 0 unspecified atom stereocenters. The summed E-state index contributed by atoms with van der Waals surface area (Å²) in [5, 5.41) is 0. The molecule has 1 aromatic carbocycles. The molecule has 1 saturated heterocycles. The minimum Gasteiger partial charge on any atom is -0.469 e. The standard InChI is InChI=1S/C18H19FN2O3/c19-16-6-2-1-5-15(16)18(23)21-11-9-20(10-12-21)17(22)8-7-14-4-3-13-24-14/h1-6,13H,7-12H2. The highest BCUT2D eigenvalue weighted by molar-refractivity contribution is 5.94. The third kappa shape index (κ3) is 3.64. The number of hydrogen-bond donors (Lipinski definition) is 0. The molecule has 5 nitrogen and oxygen atoms in total. The van der Waals surface area contributed by atoms with Gasteiger partial charge in [0.15, 0.2) is 0 Å². The van der Waals surface area contributed by atoms with E-state index < -0.39 is 5.82 Å². The van der Waals surface area contributed by atoms with Crippen LogP contribution in [0.1, 0.15) is 22.5 Å². The molecule has 0 bridgehead atoms. The molecule has 24 heavy (non-hydrogen) atoms. The molecule has 0 atom stereocenters. The number of carbonyl (C=O) groups is 2. The van der Waals surface area contributed by atoms with Gasteiger partial charge < -0.3 is 14.2 Å². The first-order chi connectivity index (χ1) is 11.6. The van der Waals surface area contributed by atoms with E-state index in [0.717, 1.165) is 5.76 Å². The summed E-state index contributed by atoms with van der Waals surface area (Å²) in [6.45, 7) is 1.77. The molecule has 0 N–H and O–H groups in total. The van der Waals surface area contributed by atoms with Crippen LogP contribution in [0.5, 0.6) is 0 Å². The maximum absolute atomic E-state index is 13.7. The van der Waals surface area contributed by atoms with Gasteiger partial charge >= 0.3 is 0 Å². The van der Waals surface area contributed by atoms with Gasteiger partial charge in [-0.2, -0.15) is 0 Å². The van der Waals surface area contributed by atoms with Crippen molar-refractivity contribution >= 4 is 11.8 Å². The largest absolute Gasteiger partial charge is 0.469 e. The van der Waals surface area contributed by atoms with E-state index >= 15 is 0 Å². The SMILES string of the molecule is O=C(CCc1ccco1)N1CCN(C(=O)c2ccccc2F)CC1. The topological polar surface area (TPSA) is 53.8 Å². The van der Waals surface area contributed by atoms with E-state index in [9.17, 15) is 14.0 Å². The summed E-state index contributed by atoms with van der Waals surface area (Å²) in [5.74, 6) is -0.00338. The summed E-state index contributed by atoms with van der Waals surface area (Å²) in [5.41, 5.74) is 0.0788. The van der Waals surface area contributed by atoms with Crippen LogP contribution in [0, 0.1) is 5.82 Å². The predicted molar refractivity (Wildman–Crippen MR) is 85.9 cm³/mol. The molecule has 6 heteroatoms. The van der Waals surface area contributed by atoms with Gasteiger partial charge in [0.2, 0.25) is 5.91 Å². The number of halogens is 1. The molecule has 1 aliphatic rings. The first-order valence-electron chi connectivity index (χ1n) is 7.99. The molecule has 2 heterocycles. The van der Waals surface area contributed by atoms with Crippen molar-refractivity contribution in [2.24, 2.45) is 0 Å². The monoisotopic (exact) mass is 330 g/mol. The van der Waals surface area contributed by atoms with Gasteiger partial charge in [0, 0.05) is 39.0 Å². The lowest BCUT2D eigenvalue weighted by molar-refractivity contribution is -0.132. The average Bonchev–Trinajstić information content (AvgIpc) is 3.13. The van der Waals surface area contributed by atoms with E-state index in [1.165, 1.54) is 12.1 Å². The van der Waals surface area contributed by atoms with Crippen molar-refractivity contribution in [3.63, 3.8) is 0 Å². The number of benzene rings is 1. The number of carbonyl (C=O) groups excluding carboxylic acids is 2. The van der Waals surface area contributed by atoms with E-state index in [1.54, 1.807) is 34.3 Å². The second kappa shape index (κ2) is 7.29. The number of amides is 2. The van der Waals surface area contributed by atoms with Gasteiger partial charge in [-0.15, -0.1) is 0 Å². The lowest BCUT2D eigenvalue weighted by Crippen LogP contribution is -2.50. The fraction of sp³-hybridized carbons (Fsp3) is 0.333. The molecule has 126 valence electrons. The molecule has 2 amide bonds. The number of hydrogen-bond acceptors (Lipinski definition) is 3. The summed E-state index contributed by atoms with van der Waals surface area (Å²) < 4.78 is 18.9. The van der Waals surface area contributed by atoms with Crippen molar-refractivity contribution in [1.29, 1.82) is 0 Å². The van der Waals surface area contributed by atoms with Gasteiger partial charge in [0.05, 0.1) is 11.8 Å². The van der Waals surface area contributed by atoms with Gasteiger partial charge in [-0.25, -0.2) is 4.39 Å². The fourth-order valence-corrected chi connectivity index (χ4v) is 2.81. The molecule has 0 aliphatic carbocycles. The first kappa shape index (κ1) is 16.2. The zero-order valence-electron chi connectivity index (χ0n) is 13.3. The van der Waals surface area contributed by atoms with Crippen LogP contribution in [0.25, 0.3) is 0 Å². The Kier molecular flexibility index (Phi) is 4.93. The molecule has 2 aromatic rings. The van der Waals surface area contributed by atoms with Crippen molar-refractivity contribution in [2.45, 2.75) is 12.8 Å². The number of aryl methyl sites for hydroxylation is 1. The Morgan fingerprint density at radius 1 is 1.00 bits per heavy atom. The van der Waals surface area contributed by atoms with Gasteiger partial charge in [0.1, 0.15) is 11.6 Å². The van der Waals surface area contributed by atoms with Crippen molar-refractivity contribution in [1.82, 2.24) is 9.80 Å². The molecule has 1 aromatic heterocycles. The van der Waals surface area contributed by atoms with E-state index in [4.69, 9.17) is 4.42 Å².